The van der Waals surface area contributed by atoms with Crippen LogP contribution in [0.2, 0.25) is 0 Å². The van der Waals surface area contributed by atoms with Gasteiger partial charge < -0.3 is 10.4 Å². The van der Waals surface area contributed by atoms with Gasteiger partial charge in [0, 0.05) is 12.2 Å². The molecular weight excluding hydrogens is 252 g/mol. The highest BCUT2D eigenvalue weighted by Crippen LogP contribution is 2.40. The van der Waals surface area contributed by atoms with Crippen molar-refractivity contribution in [3.8, 4) is 6.07 Å². The first kappa shape index (κ1) is 14.7. The molecule has 0 atom stereocenters. The van der Waals surface area contributed by atoms with Crippen LogP contribution in [0.4, 0.5) is 5.95 Å². The van der Waals surface area contributed by atoms with Gasteiger partial charge in [0.25, 0.3) is 0 Å². The second-order valence-corrected chi connectivity index (χ2v) is 6.57. The van der Waals surface area contributed by atoms with E-state index in [2.05, 4.69) is 29.1 Å². The monoisotopic (exact) mass is 274 g/mol. The summed E-state index contributed by atoms with van der Waals surface area (Å²) >= 11 is 0. The van der Waals surface area contributed by atoms with E-state index in [9.17, 15) is 5.11 Å². The highest BCUT2D eigenvalue weighted by atomic mass is 16.3. The number of aryl methyl sites for hydroxylation is 1. The van der Waals surface area contributed by atoms with Crippen molar-refractivity contribution in [2.24, 2.45) is 5.41 Å². The number of anilines is 1. The number of hydrogen-bond acceptors (Lipinski definition) is 5. The lowest BCUT2D eigenvalue weighted by atomic mass is 9.71. The van der Waals surface area contributed by atoms with Crippen molar-refractivity contribution in [1.82, 2.24) is 9.97 Å². The maximum Gasteiger partial charge on any atom is 0.224 e. The van der Waals surface area contributed by atoms with Gasteiger partial charge in [-0.15, -0.1) is 0 Å². The third-order valence-corrected chi connectivity index (χ3v) is 4.08. The molecule has 20 heavy (non-hydrogen) atoms. The van der Waals surface area contributed by atoms with Crippen LogP contribution in [0.15, 0.2) is 6.07 Å². The molecular formula is C15H22N4O. The van der Waals surface area contributed by atoms with Crippen LogP contribution in [0.5, 0.6) is 0 Å². The molecule has 0 aliphatic heterocycles. The predicted molar refractivity (Wildman–Crippen MR) is 77.2 cm³/mol. The third-order valence-electron chi connectivity index (χ3n) is 4.08. The number of nitrogens with one attached hydrogen (secondary N) is 1. The second kappa shape index (κ2) is 5.37. The van der Waals surface area contributed by atoms with E-state index in [4.69, 9.17) is 5.26 Å². The zero-order valence-corrected chi connectivity index (χ0v) is 12.4. The van der Waals surface area contributed by atoms with E-state index in [0.29, 0.717) is 23.6 Å². The maximum atomic E-state index is 10.6. The Bertz CT molecular complexity index is 523. The lowest BCUT2D eigenvalue weighted by Gasteiger charge is -2.40. The van der Waals surface area contributed by atoms with Crippen molar-refractivity contribution in [2.75, 3.05) is 11.9 Å². The van der Waals surface area contributed by atoms with Crippen LogP contribution in [0.3, 0.4) is 0 Å². The standard InChI is InChI=1S/C15H22N4O/c1-11-8-12(9-16)19-13(18-11)17-10-15(20)6-4-14(2,3)5-7-15/h8,20H,4-7,10H2,1-3H3,(H,17,18,19). The molecule has 0 saturated heterocycles. The average Bonchev–Trinajstić information content (AvgIpc) is 2.40. The van der Waals surface area contributed by atoms with E-state index in [0.717, 1.165) is 31.4 Å². The molecule has 1 fully saturated rings. The quantitative estimate of drug-likeness (QED) is 0.884. The third kappa shape index (κ3) is 3.67. The molecule has 0 unspecified atom stereocenters. The van der Waals surface area contributed by atoms with E-state index in [-0.39, 0.29) is 0 Å². The summed E-state index contributed by atoms with van der Waals surface area (Å²) in [6.45, 7) is 6.73. The minimum Gasteiger partial charge on any atom is -0.388 e. The zero-order chi connectivity index (χ0) is 14.8. The largest absolute Gasteiger partial charge is 0.388 e. The van der Waals surface area contributed by atoms with Crippen molar-refractivity contribution in [3.63, 3.8) is 0 Å². The Morgan fingerprint density at radius 2 is 1.95 bits per heavy atom. The SMILES string of the molecule is Cc1cc(C#N)nc(NCC2(O)CCC(C)(C)CC2)n1. The van der Waals surface area contributed by atoms with Crippen LogP contribution in [0, 0.1) is 23.7 Å². The van der Waals surface area contributed by atoms with E-state index < -0.39 is 5.60 Å². The molecule has 1 saturated carbocycles. The molecule has 0 bridgehead atoms. The topological polar surface area (TPSA) is 81.8 Å². The molecule has 2 rings (SSSR count). The Morgan fingerprint density at radius 1 is 1.30 bits per heavy atom. The molecule has 1 aromatic heterocycles. The summed E-state index contributed by atoms with van der Waals surface area (Å²) in [6.07, 6.45) is 3.60. The summed E-state index contributed by atoms with van der Waals surface area (Å²) in [4.78, 5) is 8.34. The molecule has 0 amide bonds. The van der Waals surface area contributed by atoms with Gasteiger partial charge in [-0.2, -0.15) is 5.26 Å². The fourth-order valence-electron chi connectivity index (χ4n) is 2.52. The number of aliphatic hydroxyl groups is 1. The molecule has 5 nitrogen and oxygen atoms in total. The van der Waals surface area contributed by atoms with Gasteiger partial charge in [0.15, 0.2) is 0 Å². The molecule has 108 valence electrons. The average molecular weight is 274 g/mol. The van der Waals surface area contributed by atoms with Gasteiger partial charge in [-0.05, 0) is 44.1 Å². The molecule has 2 N–H and O–H groups in total. The molecule has 1 aromatic rings. The molecule has 0 spiro atoms. The minimum atomic E-state index is -0.699. The molecule has 1 aliphatic rings. The zero-order valence-electron chi connectivity index (χ0n) is 12.4. The van der Waals surface area contributed by atoms with Gasteiger partial charge >= 0.3 is 0 Å². The Hall–Kier alpha value is -1.67. The van der Waals surface area contributed by atoms with Gasteiger partial charge in [-0.25, -0.2) is 9.97 Å². The summed E-state index contributed by atoms with van der Waals surface area (Å²) < 4.78 is 0. The molecule has 5 heteroatoms. The number of rotatable bonds is 3. The maximum absolute atomic E-state index is 10.6. The van der Waals surface area contributed by atoms with Gasteiger partial charge in [0.1, 0.15) is 11.8 Å². The second-order valence-electron chi connectivity index (χ2n) is 6.57. The van der Waals surface area contributed by atoms with Gasteiger partial charge in [0.05, 0.1) is 5.60 Å². The van der Waals surface area contributed by atoms with E-state index in [1.165, 1.54) is 0 Å². The first-order valence-corrected chi connectivity index (χ1v) is 7.04. The van der Waals surface area contributed by atoms with Crippen LogP contribution >= 0.6 is 0 Å². The van der Waals surface area contributed by atoms with Crippen LogP contribution in [0.1, 0.15) is 50.9 Å². The lowest BCUT2D eigenvalue weighted by molar-refractivity contribution is -0.0146. The van der Waals surface area contributed by atoms with Crippen LogP contribution in [-0.2, 0) is 0 Å². The lowest BCUT2D eigenvalue weighted by Crippen LogP contribution is -2.42. The van der Waals surface area contributed by atoms with Gasteiger partial charge in [-0.3, -0.25) is 0 Å². The van der Waals surface area contributed by atoms with Gasteiger partial charge in [0.2, 0.25) is 5.95 Å². The Labute approximate surface area is 120 Å². The Morgan fingerprint density at radius 3 is 2.55 bits per heavy atom. The van der Waals surface area contributed by atoms with Crippen molar-refractivity contribution in [2.45, 2.75) is 52.1 Å². The number of aromatic nitrogens is 2. The minimum absolute atomic E-state index is 0.319. The molecule has 1 aliphatic carbocycles. The van der Waals surface area contributed by atoms with Crippen molar-refractivity contribution in [3.05, 3.63) is 17.5 Å². The molecule has 0 aromatic carbocycles. The Kier molecular flexibility index (Phi) is 3.96. The molecule has 0 radical (unpaired) electrons. The Balaban J connectivity index is 1.99. The summed E-state index contributed by atoms with van der Waals surface area (Å²) in [6, 6.07) is 3.65. The number of hydrogen-bond donors (Lipinski definition) is 2. The first-order valence-electron chi connectivity index (χ1n) is 7.04. The summed E-state index contributed by atoms with van der Waals surface area (Å²) in [7, 11) is 0. The number of nitriles is 1. The van der Waals surface area contributed by atoms with Crippen molar-refractivity contribution >= 4 is 5.95 Å². The van der Waals surface area contributed by atoms with E-state index in [1.54, 1.807) is 6.07 Å². The van der Waals surface area contributed by atoms with Gasteiger partial charge in [-0.1, -0.05) is 13.8 Å². The highest BCUT2D eigenvalue weighted by molar-refractivity contribution is 5.33. The summed E-state index contributed by atoms with van der Waals surface area (Å²) in [5.41, 5.74) is 0.711. The summed E-state index contributed by atoms with van der Waals surface area (Å²) in [5.74, 6) is 0.416. The fourth-order valence-corrected chi connectivity index (χ4v) is 2.52. The summed E-state index contributed by atoms with van der Waals surface area (Å²) in [5, 5.41) is 22.5. The van der Waals surface area contributed by atoms with Crippen LogP contribution < -0.4 is 5.32 Å². The predicted octanol–water partition coefficient (Wildman–Crippen LogP) is 2.40. The van der Waals surface area contributed by atoms with Crippen LogP contribution in [-0.4, -0.2) is 27.2 Å². The van der Waals surface area contributed by atoms with E-state index >= 15 is 0 Å². The highest BCUT2D eigenvalue weighted by Gasteiger charge is 2.36. The smallest absolute Gasteiger partial charge is 0.224 e. The normalized spacial score (nSPS) is 20.1. The first-order chi connectivity index (χ1) is 9.32. The molecule has 1 heterocycles. The number of nitrogens with zero attached hydrogens (tertiary/aromatic N) is 3. The van der Waals surface area contributed by atoms with Crippen LogP contribution in [0.25, 0.3) is 0 Å². The van der Waals surface area contributed by atoms with Crippen molar-refractivity contribution in [1.29, 1.82) is 5.26 Å². The fraction of sp³-hybridized carbons (Fsp3) is 0.667. The van der Waals surface area contributed by atoms with E-state index in [1.807, 2.05) is 13.0 Å². The van der Waals surface area contributed by atoms with Crippen molar-refractivity contribution < 1.29 is 5.11 Å².